The number of hydrogen-bond donors (Lipinski definition) is 1. The van der Waals surface area contributed by atoms with Crippen molar-refractivity contribution in [2.45, 2.75) is 45.6 Å². The number of aliphatic hydroxyl groups excluding tert-OH is 1. The van der Waals surface area contributed by atoms with Crippen LogP contribution in [0.15, 0.2) is 12.4 Å². The minimum absolute atomic E-state index is 0.369. The molecule has 1 atom stereocenters. The maximum Gasteiger partial charge on any atom is 0.100 e. The van der Waals surface area contributed by atoms with Gasteiger partial charge < -0.3 is 5.11 Å². The zero-order valence-electron chi connectivity index (χ0n) is 10.1. The fourth-order valence-corrected chi connectivity index (χ4v) is 2.40. The van der Waals surface area contributed by atoms with Gasteiger partial charge in [-0.25, -0.2) is 0 Å². The Morgan fingerprint density at radius 1 is 1.19 bits per heavy atom. The molecular weight excluding hydrogens is 200 g/mol. The molecule has 0 amide bonds. The molecule has 1 heterocycles. The van der Waals surface area contributed by atoms with E-state index in [1.165, 1.54) is 12.8 Å². The molecule has 1 N–H and O–H groups in total. The third-order valence-electron chi connectivity index (χ3n) is 3.61. The van der Waals surface area contributed by atoms with Crippen molar-refractivity contribution in [3.05, 3.63) is 23.8 Å². The normalized spacial score (nSPS) is 27.7. The Bertz CT molecular complexity index is 328. The van der Waals surface area contributed by atoms with E-state index in [2.05, 4.69) is 16.9 Å². The lowest BCUT2D eigenvalue weighted by molar-refractivity contribution is 0.0718. The highest BCUT2D eigenvalue weighted by molar-refractivity contribution is 5.05. The largest absolute Gasteiger partial charge is 0.386 e. The van der Waals surface area contributed by atoms with E-state index in [0.29, 0.717) is 5.92 Å². The van der Waals surface area contributed by atoms with Gasteiger partial charge in [-0.15, -0.1) is 0 Å². The van der Waals surface area contributed by atoms with Gasteiger partial charge in [-0.1, -0.05) is 19.8 Å². The third kappa shape index (κ3) is 2.59. The van der Waals surface area contributed by atoms with Crippen molar-refractivity contribution in [2.24, 2.45) is 11.8 Å². The summed E-state index contributed by atoms with van der Waals surface area (Å²) in [6, 6.07) is 0. The van der Waals surface area contributed by atoms with E-state index >= 15 is 0 Å². The maximum atomic E-state index is 10.2. The smallest absolute Gasteiger partial charge is 0.100 e. The first kappa shape index (κ1) is 11.5. The molecule has 1 unspecified atom stereocenters. The molecule has 1 aliphatic rings. The van der Waals surface area contributed by atoms with Gasteiger partial charge in [-0.2, -0.15) is 0 Å². The third-order valence-corrected chi connectivity index (χ3v) is 3.61. The van der Waals surface area contributed by atoms with Gasteiger partial charge in [0.05, 0.1) is 17.6 Å². The van der Waals surface area contributed by atoms with Crippen LogP contribution in [0.25, 0.3) is 0 Å². The molecular formula is C13H20N2O. The zero-order chi connectivity index (χ0) is 11.5. The van der Waals surface area contributed by atoms with Gasteiger partial charge in [-0.3, -0.25) is 9.97 Å². The maximum absolute atomic E-state index is 10.2. The predicted molar refractivity (Wildman–Crippen MR) is 62.9 cm³/mol. The summed E-state index contributed by atoms with van der Waals surface area (Å²) < 4.78 is 0. The molecule has 1 saturated carbocycles. The van der Waals surface area contributed by atoms with E-state index in [4.69, 9.17) is 0 Å². The van der Waals surface area contributed by atoms with Crippen molar-refractivity contribution in [2.75, 3.05) is 0 Å². The SMILES string of the molecule is Cc1cnc(C(O)C2CCC(C)CC2)cn1. The van der Waals surface area contributed by atoms with Crippen LogP contribution in [0.3, 0.4) is 0 Å². The topological polar surface area (TPSA) is 46.0 Å². The predicted octanol–water partition coefficient (Wildman–Crippen LogP) is 2.64. The Kier molecular flexibility index (Phi) is 3.54. The molecule has 0 aromatic carbocycles. The molecule has 0 saturated heterocycles. The first-order chi connectivity index (χ1) is 7.66. The molecule has 1 fully saturated rings. The van der Waals surface area contributed by atoms with Gasteiger partial charge in [0.25, 0.3) is 0 Å². The van der Waals surface area contributed by atoms with Gasteiger partial charge in [-0.05, 0) is 31.6 Å². The van der Waals surface area contributed by atoms with Crippen LogP contribution in [0.2, 0.25) is 0 Å². The fourth-order valence-electron chi connectivity index (χ4n) is 2.40. The molecule has 88 valence electrons. The first-order valence-corrected chi connectivity index (χ1v) is 6.13. The second-order valence-electron chi connectivity index (χ2n) is 5.05. The fraction of sp³-hybridized carbons (Fsp3) is 0.692. The second kappa shape index (κ2) is 4.91. The van der Waals surface area contributed by atoms with Gasteiger partial charge in [0.15, 0.2) is 0 Å². The van der Waals surface area contributed by atoms with Crippen molar-refractivity contribution >= 4 is 0 Å². The van der Waals surface area contributed by atoms with Gasteiger partial charge in [0, 0.05) is 6.20 Å². The summed E-state index contributed by atoms with van der Waals surface area (Å²) in [5, 5.41) is 10.2. The second-order valence-corrected chi connectivity index (χ2v) is 5.05. The van der Waals surface area contributed by atoms with Crippen LogP contribution < -0.4 is 0 Å². The van der Waals surface area contributed by atoms with Crippen LogP contribution in [0.4, 0.5) is 0 Å². The molecule has 0 radical (unpaired) electrons. The summed E-state index contributed by atoms with van der Waals surface area (Å²) in [6.45, 7) is 4.19. The molecule has 3 nitrogen and oxygen atoms in total. The molecule has 0 bridgehead atoms. The van der Waals surface area contributed by atoms with Crippen molar-refractivity contribution in [3.63, 3.8) is 0 Å². The molecule has 2 rings (SSSR count). The van der Waals surface area contributed by atoms with Gasteiger partial charge in [0.2, 0.25) is 0 Å². The van der Waals surface area contributed by atoms with E-state index < -0.39 is 6.10 Å². The van der Waals surface area contributed by atoms with Crippen LogP contribution in [-0.4, -0.2) is 15.1 Å². The summed E-state index contributed by atoms with van der Waals surface area (Å²) in [6.07, 6.45) is 7.67. The van der Waals surface area contributed by atoms with Gasteiger partial charge >= 0.3 is 0 Å². The number of aryl methyl sites for hydroxylation is 1. The Hall–Kier alpha value is -0.960. The number of hydrogen-bond acceptors (Lipinski definition) is 3. The summed E-state index contributed by atoms with van der Waals surface area (Å²) >= 11 is 0. The quantitative estimate of drug-likeness (QED) is 0.833. The highest BCUT2D eigenvalue weighted by Gasteiger charge is 2.26. The van der Waals surface area contributed by atoms with Crippen molar-refractivity contribution < 1.29 is 5.11 Å². The molecule has 1 aromatic heterocycles. The van der Waals surface area contributed by atoms with Crippen molar-refractivity contribution in [3.8, 4) is 0 Å². The van der Waals surface area contributed by atoms with Crippen LogP contribution in [0, 0.1) is 18.8 Å². The van der Waals surface area contributed by atoms with Gasteiger partial charge in [0.1, 0.15) is 6.10 Å². The number of nitrogens with zero attached hydrogens (tertiary/aromatic N) is 2. The molecule has 0 spiro atoms. The average molecular weight is 220 g/mol. The molecule has 3 heteroatoms. The van der Waals surface area contributed by atoms with Crippen LogP contribution in [0.5, 0.6) is 0 Å². The number of aromatic nitrogens is 2. The van der Waals surface area contributed by atoms with Crippen LogP contribution >= 0.6 is 0 Å². The lowest BCUT2D eigenvalue weighted by atomic mass is 9.79. The van der Waals surface area contributed by atoms with Crippen molar-refractivity contribution in [1.82, 2.24) is 9.97 Å². The minimum atomic E-state index is -0.430. The molecule has 1 aliphatic carbocycles. The van der Waals surface area contributed by atoms with Crippen LogP contribution in [-0.2, 0) is 0 Å². The summed E-state index contributed by atoms with van der Waals surface area (Å²) in [5.41, 5.74) is 1.62. The average Bonchev–Trinajstić information content (AvgIpc) is 2.30. The standard InChI is InChI=1S/C13H20N2O/c1-9-3-5-11(6-4-9)13(16)12-8-14-10(2)7-15-12/h7-9,11,13,16H,3-6H2,1-2H3. The Labute approximate surface area is 96.9 Å². The van der Waals surface area contributed by atoms with E-state index in [9.17, 15) is 5.11 Å². The Balaban J connectivity index is 2.01. The molecule has 16 heavy (non-hydrogen) atoms. The zero-order valence-corrected chi connectivity index (χ0v) is 10.1. The van der Waals surface area contributed by atoms with E-state index in [1.54, 1.807) is 12.4 Å². The van der Waals surface area contributed by atoms with E-state index in [0.717, 1.165) is 30.1 Å². The summed E-state index contributed by atoms with van der Waals surface area (Å²) in [4.78, 5) is 8.45. The summed E-state index contributed by atoms with van der Waals surface area (Å²) in [7, 11) is 0. The number of rotatable bonds is 2. The lowest BCUT2D eigenvalue weighted by Crippen LogP contribution is -2.20. The van der Waals surface area contributed by atoms with E-state index in [-0.39, 0.29) is 0 Å². The minimum Gasteiger partial charge on any atom is -0.386 e. The Morgan fingerprint density at radius 2 is 1.88 bits per heavy atom. The monoisotopic (exact) mass is 220 g/mol. The Morgan fingerprint density at radius 3 is 2.44 bits per heavy atom. The highest BCUT2D eigenvalue weighted by atomic mass is 16.3. The highest BCUT2D eigenvalue weighted by Crippen LogP contribution is 2.35. The van der Waals surface area contributed by atoms with Crippen molar-refractivity contribution in [1.29, 1.82) is 0 Å². The van der Waals surface area contributed by atoms with Crippen LogP contribution in [0.1, 0.15) is 50.1 Å². The molecule has 0 aliphatic heterocycles. The van der Waals surface area contributed by atoms with E-state index in [1.807, 2.05) is 6.92 Å². The summed E-state index contributed by atoms with van der Waals surface area (Å²) in [5.74, 6) is 1.18. The lowest BCUT2D eigenvalue weighted by Gasteiger charge is -2.29. The first-order valence-electron chi connectivity index (χ1n) is 6.13. The molecule has 1 aromatic rings. The number of aliphatic hydroxyl groups is 1.